The molecule has 2 heterocycles. The molecule has 0 aliphatic carbocycles. The average Bonchev–Trinajstić information content (AvgIpc) is 3.04. The number of ether oxygens (including phenoxy) is 2. The van der Waals surface area contributed by atoms with Crippen molar-refractivity contribution in [1.29, 1.82) is 0 Å². The molecular weight excluding hydrogens is 314 g/mol. The molecule has 1 aromatic heterocycles. The summed E-state index contributed by atoms with van der Waals surface area (Å²) in [5.74, 6) is 0. The van der Waals surface area contributed by atoms with Crippen molar-refractivity contribution in [2.45, 2.75) is 44.2 Å². The van der Waals surface area contributed by atoms with E-state index >= 15 is 0 Å². The Hall–Kier alpha value is -1.84. The van der Waals surface area contributed by atoms with Gasteiger partial charge in [0.2, 0.25) is 0 Å². The first-order valence-electron chi connectivity index (χ1n) is 7.69. The fourth-order valence-corrected chi connectivity index (χ4v) is 2.69. The Labute approximate surface area is 139 Å². The van der Waals surface area contributed by atoms with Crippen molar-refractivity contribution in [3.63, 3.8) is 0 Å². The Bertz CT molecular complexity index is 673. The van der Waals surface area contributed by atoms with Crippen molar-refractivity contribution in [2.75, 3.05) is 7.11 Å². The van der Waals surface area contributed by atoms with Gasteiger partial charge in [-0.25, -0.2) is 4.68 Å². The van der Waals surface area contributed by atoms with Gasteiger partial charge in [0.15, 0.2) is 6.29 Å². The summed E-state index contributed by atoms with van der Waals surface area (Å²) < 4.78 is 12.0. The third kappa shape index (κ3) is 3.33. The van der Waals surface area contributed by atoms with Gasteiger partial charge >= 0.3 is 0 Å². The number of rotatable bonds is 4. The van der Waals surface area contributed by atoms with Crippen molar-refractivity contribution in [1.82, 2.24) is 15.0 Å². The Morgan fingerprint density at radius 2 is 1.83 bits per heavy atom. The largest absolute Gasteiger partial charge is 0.388 e. The van der Waals surface area contributed by atoms with E-state index in [-0.39, 0.29) is 6.54 Å². The first-order valence-corrected chi connectivity index (χ1v) is 7.69. The number of aliphatic hydroxyl groups excluding tert-OH is 3. The summed E-state index contributed by atoms with van der Waals surface area (Å²) in [6.45, 7) is 2.18. The van der Waals surface area contributed by atoms with E-state index in [1.807, 2.05) is 31.2 Å². The van der Waals surface area contributed by atoms with Crippen molar-refractivity contribution in [3.8, 4) is 11.3 Å². The van der Waals surface area contributed by atoms with Crippen LogP contribution in [0.25, 0.3) is 11.3 Å². The van der Waals surface area contributed by atoms with Crippen LogP contribution in [0.15, 0.2) is 30.5 Å². The zero-order chi connectivity index (χ0) is 17.3. The Kier molecular flexibility index (Phi) is 4.93. The van der Waals surface area contributed by atoms with Gasteiger partial charge in [-0.3, -0.25) is 0 Å². The average molecular weight is 335 g/mol. The highest BCUT2D eigenvalue weighted by molar-refractivity contribution is 5.57. The molecule has 5 atom stereocenters. The van der Waals surface area contributed by atoms with Gasteiger partial charge in [-0.15, -0.1) is 5.10 Å². The lowest BCUT2D eigenvalue weighted by atomic mass is 9.99. The molecule has 3 N–H and O–H groups in total. The lowest BCUT2D eigenvalue weighted by molar-refractivity contribution is -0.292. The monoisotopic (exact) mass is 335 g/mol. The van der Waals surface area contributed by atoms with E-state index in [1.54, 1.807) is 6.20 Å². The number of benzene rings is 1. The van der Waals surface area contributed by atoms with Crippen LogP contribution in [-0.2, 0) is 16.0 Å². The second-order valence-electron chi connectivity index (χ2n) is 5.94. The molecule has 3 rings (SSSR count). The fraction of sp³-hybridized carbons (Fsp3) is 0.500. The zero-order valence-electron chi connectivity index (χ0n) is 13.5. The van der Waals surface area contributed by atoms with Crippen LogP contribution in [0.5, 0.6) is 0 Å². The highest BCUT2D eigenvalue weighted by Gasteiger charge is 2.44. The molecule has 8 heteroatoms. The first-order chi connectivity index (χ1) is 11.5. The predicted molar refractivity (Wildman–Crippen MR) is 83.9 cm³/mol. The van der Waals surface area contributed by atoms with Crippen LogP contribution in [-0.4, -0.2) is 68.1 Å². The summed E-state index contributed by atoms with van der Waals surface area (Å²) in [4.78, 5) is 0. The molecule has 0 radical (unpaired) electrons. The normalized spacial score (nSPS) is 30.5. The smallest absolute Gasteiger partial charge is 0.186 e. The number of hydrogen-bond acceptors (Lipinski definition) is 7. The molecule has 1 saturated heterocycles. The molecule has 1 aliphatic heterocycles. The SMILES string of the molecule is COC1O[C@H](Cn2cc(-c3ccc(C)cc3)nn2)[C@@H](O)C(O)[C@@H]1O. The first kappa shape index (κ1) is 17.0. The molecule has 2 unspecified atom stereocenters. The lowest BCUT2D eigenvalue weighted by Crippen LogP contribution is -2.58. The number of aromatic nitrogens is 3. The minimum absolute atomic E-state index is 0.170. The maximum atomic E-state index is 10.1. The molecule has 0 spiro atoms. The van der Waals surface area contributed by atoms with Crippen LogP contribution in [0.1, 0.15) is 5.56 Å². The van der Waals surface area contributed by atoms with E-state index in [9.17, 15) is 15.3 Å². The summed E-state index contributed by atoms with van der Waals surface area (Å²) in [7, 11) is 1.36. The summed E-state index contributed by atoms with van der Waals surface area (Å²) in [5, 5.41) is 37.9. The van der Waals surface area contributed by atoms with E-state index in [2.05, 4.69) is 10.3 Å². The van der Waals surface area contributed by atoms with E-state index in [0.717, 1.165) is 11.1 Å². The number of nitrogens with zero attached hydrogens (tertiary/aromatic N) is 3. The van der Waals surface area contributed by atoms with E-state index in [1.165, 1.54) is 11.8 Å². The maximum absolute atomic E-state index is 10.1. The van der Waals surface area contributed by atoms with Crippen molar-refractivity contribution in [2.24, 2.45) is 0 Å². The van der Waals surface area contributed by atoms with Crippen molar-refractivity contribution in [3.05, 3.63) is 36.0 Å². The minimum Gasteiger partial charge on any atom is -0.388 e. The predicted octanol–water partition coefficient (Wildman–Crippen LogP) is -0.292. The molecular formula is C16H21N3O5. The van der Waals surface area contributed by atoms with E-state index in [4.69, 9.17) is 9.47 Å². The molecule has 130 valence electrons. The molecule has 0 bridgehead atoms. The van der Waals surface area contributed by atoms with Crippen LogP contribution in [0.4, 0.5) is 0 Å². The van der Waals surface area contributed by atoms with Gasteiger partial charge in [-0.2, -0.15) is 0 Å². The summed E-state index contributed by atoms with van der Waals surface area (Å²) in [6.07, 6.45) is -3.96. The number of hydrogen-bond donors (Lipinski definition) is 3. The summed E-state index contributed by atoms with van der Waals surface area (Å²) >= 11 is 0. The topological polar surface area (TPSA) is 110 Å². The standard InChI is InChI=1S/C16H21N3O5/c1-9-3-5-10(6-4-9)11-7-19(18-17-11)8-12-13(20)14(21)15(22)16(23-2)24-12/h3-7,12-16,20-22H,8H2,1-2H3/t12-,13-,14?,15+,16?/m1/s1. The molecule has 8 nitrogen and oxygen atoms in total. The molecule has 1 aliphatic rings. The zero-order valence-corrected chi connectivity index (χ0v) is 13.5. The van der Waals surface area contributed by atoms with Crippen molar-refractivity contribution < 1.29 is 24.8 Å². The van der Waals surface area contributed by atoms with Gasteiger partial charge in [0.25, 0.3) is 0 Å². The molecule has 1 aromatic carbocycles. The molecule has 1 fully saturated rings. The van der Waals surface area contributed by atoms with Crippen molar-refractivity contribution >= 4 is 0 Å². The summed E-state index contributed by atoms with van der Waals surface area (Å²) in [6, 6.07) is 7.89. The van der Waals surface area contributed by atoms with Gasteiger partial charge in [0, 0.05) is 12.7 Å². The van der Waals surface area contributed by atoms with Crippen LogP contribution < -0.4 is 0 Å². The van der Waals surface area contributed by atoms with Gasteiger partial charge in [0.1, 0.15) is 30.1 Å². The Morgan fingerprint density at radius 3 is 2.50 bits per heavy atom. The second kappa shape index (κ2) is 6.96. The lowest BCUT2D eigenvalue weighted by Gasteiger charge is -2.39. The number of aliphatic hydroxyl groups is 3. The third-order valence-corrected chi connectivity index (χ3v) is 4.15. The van der Waals surface area contributed by atoms with Gasteiger partial charge < -0.3 is 24.8 Å². The van der Waals surface area contributed by atoms with Crippen LogP contribution >= 0.6 is 0 Å². The Balaban J connectivity index is 1.73. The van der Waals surface area contributed by atoms with E-state index in [0.29, 0.717) is 5.69 Å². The van der Waals surface area contributed by atoms with Gasteiger partial charge in [-0.05, 0) is 6.92 Å². The third-order valence-electron chi connectivity index (χ3n) is 4.15. The quantitative estimate of drug-likeness (QED) is 0.704. The minimum atomic E-state index is -1.35. The highest BCUT2D eigenvalue weighted by Crippen LogP contribution is 2.23. The van der Waals surface area contributed by atoms with Gasteiger partial charge in [0.05, 0.1) is 12.7 Å². The second-order valence-corrected chi connectivity index (χ2v) is 5.94. The van der Waals surface area contributed by atoms with Crippen LogP contribution in [0.2, 0.25) is 0 Å². The molecule has 0 amide bonds. The highest BCUT2D eigenvalue weighted by atomic mass is 16.7. The number of methoxy groups -OCH3 is 1. The molecule has 24 heavy (non-hydrogen) atoms. The van der Waals surface area contributed by atoms with E-state index < -0.39 is 30.7 Å². The summed E-state index contributed by atoms with van der Waals surface area (Å²) in [5.41, 5.74) is 2.79. The number of aryl methyl sites for hydroxylation is 1. The fourth-order valence-electron chi connectivity index (χ4n) is 2.69. The van der Waals surface area contributed by atoms with Gasteiger partial charge in [-0.1, -0.05) is 35.0 Å². The molecule has 2 aromatic rings. The van der Waals surface area contributed by atoms with Crippen LogP contribution in [0.3, 0.4) is 0 Å². The van der Waals surface area contributed by atoms with Crippen LogP contribution in [0, 0.1) is 6.92 Å². The Morgan fingerprint density at radius 1 is 1.12 bits per heavy atom. The molecule has 0 saturated carbocycles. The maximum Gasteiger partial charge on any atom is 0.186 e.